The molecule has 2 atom stereocenters. The van der Waals surface area contributed by atoms with E-state index in [0.29, 0.717) is 11.7 Å². The molecule has 1 aromatic heterocycles. The maximum atomic E-state index is 12.2. The van der Waals surface area contributed by atoms with Crippen LogP contribution in [0.1, 0.15) is 48.8 Å². The summed E-state index contributed by atoms with van der Waals surface area (Å²) in [7, 11) is 0. The second-order valence-corrected chi connectivity index (χ2v) is 6.34. The summed E-state index contributed by atoms with van der Waals surface area (Å²) >= 11 is 0. The fraction of sp³-hybridized carbons (Fsp3) is 0.500. The van der Waals surface area contributed by atoms with Crippen molar-refractivity contribution in [2.24, 2.45) is 0 Å². The van der Waals surface area contributed by atoms with Crippen molar-refractivity contribution in [3.05, 3.63) is 35.5 Å². The molecule has 3 rings (SSSR count). The van der Waals surface area contributed by atoms with Crippen LogP contribution in [0.3, 0.4) is 0 Å². The summed E-state index contributed by atoms with van der Waals surface area (Å²) in [5, 5.41) is 9.71. The first kappa shape index (κ1) is 18.3. The van der Waals surface area contributed by atoms with Crippen molar-refractivity contribution in [3.8, 4) is 0 Å². The lowest BCUT2D eigenvalue weighted by atomic mass is 9.96. The molecular weight excluding hydrogens is 334 g/mol. The number of nitrogens with one attached hydrogen (secondary N) is 1. The van der Waals surface area contributed by atoms with Gasteiger partial charge in [-0.15, -0.1) is 0 Å². The lowest BCUT2D eigenvalue weighted by molar-refractivity contribution is -0.0265. The first-order chi connectivity index (χ1) is 12.6. The molecule has 1 aliphatic heterocycles. The number of hydrogen-bond donors (Lipinski definition) is 2. The SMILES string of the molecule is CCN(CC)[C@@H]1CCO[C@H](c2cccc(NC(=O)c3nonc3N)c2)C1. The molecule has 8 heteroatoms. The second-order valence-electron chi connectivity index (χ2n) is 6.34. The number of carbonyl (C=O) groups is 1. The number of amides is 1. The minimum atomic E-state index is -0.452. The highest BCUT2D eigenvalue weighted by atomic mass is 16.6. The minimum absolute atomic E-state index is 0.0185. The maximum absolute atomic E-state index is 12.2. The summed E-state index contributed by atoms with van der Waals surface area (Å²) in [4.78, 5) is 14.7. The number of rotatable bonds is 6. The summed E-state index contributed by atoms with van der Waals surface area (Å²) in [5.74, 6) is -0.484. The van der Waals surface area contributed by atoms with E-state index in [1.54, 1.807) is 0 Å². The Morgan fingerprint density at radius 2 is 2.15 bits per heavy atom. The topological polar surface area (TPSA) is 107 Å². The smallest absolute Gasteiger partial charge is 0.281 e. The van der Waals surface area contributed by atoms with Crippen molar-refractivity contribution >= 4 is 17.4 Å². The van der Waals surface area contributed by atoms with Crippen molar-refractivity contribution < 1.29 is 14.2 Å². The van der Waals surface area contributed by atoms with E-state index in [4.69, 9.17) is 10.5 Å². The van der Waals surface area contributed by atoms with E-state index in [2.05, 4.69) is 39.0 Å². The van der Waals surface area contributed by atoms with Gasteiger partial charge in [-0.3, -0.25) is 4.79 Å². The van der Waals surface area contributed by atoms with E-state index in [0.717, 1.165) is 38.1 Å². The van der Waals surface area contributed by atoms with Crippen LogP contribution in [0.25, 0.3) is 0 Å². The van der Waals surface area contributed by atoms with E-state index >= 15 is 0 Å². The van der Waals surface area contributed by atoms with Gasteiger partial charge in [0.05, 0.1) is 6.10 Å². The molecule has 3 N–H and O–H groups in total. The molecule has 1 aliphatic rings. The Balaban J connectivity index is 1.70. The Labute approximate surface area is 152 Å². The predicted molar refractivity (Wildman–Crippen MR) is 97.7 cm³/mol. The summed E-state index contributed by atoms with van der Waals surface area (Å²) in [5.41, 5.74) is 7.24. The number of nitrogen functional groups attached to an aromatic ring is 1. The van der Waals surface area contributed by atoms with Crippen molar-refractivity contribution in [1.29, 1.82) is 0 Å². The fourth-order valence-corrected chi connectivity index (χ4v) is 3.44. The molecule has 0 spiro atoms. The molecule has 0 saturated carbocycles. The lowest BCUT2D eigenvalue weighted by Gasteiger charge is -2.36. The van der Waals surface area contributed by atoms with Crippen LogP contribution in [0.5, 0.6) is 0 Å². The van der Waals surface area contributed by atoms with Gasteiger partial charge in [0.1, 0.15) is 0 Å². The number of anilines is 2. The van der Waals surface area contributed by atoms with Gasteiger partial charge in [0.25, 0.3) is 5.91 Å². The molecule has 1 aromatic carbocycles. The normalized spacial score (nSPS) is 20.3. The number of aromatic nitrogens is 2. The first-order valence-electron chi connectivity index (χ1n) is 8.97. The Hall–Kier alpha value is -2.45. The lowest BCUT2D eigenvalue weighted by Crippen LogP contribution is -2.40. The van der Waals surface area contributed by atoms with E-state index in [-0.39, 0.29) is 17.6 Å². The quantitative estimate of drug-likeness (QED) is 0.816. The van der Waals surface area contributed by atoms with Crippen molar-refractivity contribution in [3.63, 3.8) is 0 Å². The van der Waals surface area contributed by atoms with Gasteiger partial charge in [-0.2, -0.15) is 0 Å². The zero-order valence-corrected chi connectivity index (χ0v) is 15.1. The van der Waals surface area contributed by atoms with Crippen LogP contribution < -0.4 is 11.1 Å². The second kappa shape index (κ2) is 8.29. The zero-order valence-electron chi connectivity index (χ0n) is 15.1. The average Bonchev–Trinajstić information content (AvgIpc) is 3.09. The molecule has 0 radical (unpaired) electrons. The number of carbonyl (C=O) groups excluding carboxylic acids is 1. The van der Waals surface area contributed by atoms with E-state index in [1.165, 1.54) is 0 Å². The van der Waals surface area contributed by atoms with Crippen LogP contribution >= 0.6 is 0 Å². The highest BCUT2D eigenvalue weighted by Gasteiger charge is 2.27. The molecule has 26 heavy (non-hydrogen) atoms. The third kappa shape index (κ3) is 4.03. The highest BCUT2D eigenvalue weighted by Crippen LogP contribution is 2.31. The van der Waals surface area contributed by atoms with E-state index < -0.39 is 5.91 Å². The zero-order chi connectivity index (χ0) is 18.5. The van der Waals surface area contributed by atoms with Crippen LogP contribution in [0.2, 0.25) is 0 Å². The molecular formula is C18H25N5O3. The van der Waals surface area contributed by atoms with Crippen LogP contribution in [0.15, 0.2) is 28.9 Å². The Bertz CT molecular complexity index is 744. The first-order valence-corrected chi connectivity index (χ1v) is 8.97. The molecule has 0 unspecified atom stereocenters. The molecule has 8 nitrogen and oxygen atoms in total. The van der Waals surface area contributed by atoms with Gasteiger partial charge in [-0.25, -0.2) is 4.63 Å². The standard InChI is InChI=1S/C18H25N5O3/c1-3-23(4-2)14-8-9-25-15(11-14)12-6-5-7-13(10-12)20-18(24)16-17(19)22-26-21-16/h5-7,10,14-15H,3-4,8-9,11H2,1-2H3,(H2,19,22)(H,20,24)/t14-,15+/m1/s1. The van der Waals surface area contributed by atoms with Crippen molar-refractivity contribution in [2.45, 2.75) is 38.8 Å². The van der Waals surface area contributed by atoms with Gasteiger partial charge >= 0.3 is 0 Å². The van der Waals surface area contributed by atoms with Gasteiger partial charge in [0.2, 0.25) is 11.5 Å². The molecule has 140 valence electrons. The third-order valence-corrected chi connectivity index (χ3v) is 4.83. The van der Waals surface area contributed by atoms with Crippen molar-refractivity contribution in [1.82, 2.24) is 15.2 Å². The van der Waals surface area contributed by atoms with Gasteiger partial charge in [0.15, 0.2) is 0 Å². The number of nitrogens with zero attached hydrogens (tertiary/aromatic N) is 3. The summed E-state index contributed by atoms with van der Waals surface area (Å²) in [6, 6.07) is 8.19. The predicted octanol–water partition coefficient (Wildman–Crippen LogP) is 2.47. The summed E-state index contributed by atoms with van der Waals surface area (Å²) < 4.78 is 10.5. The maximum Gasteiger partial charge on any atom is 0.281 e. The molecule has 2 aromatic rings. The monoisotopic (exact) mass is 359 g/mol. The molecule has 1 fully saturated rings. The van der Waals surface area contributed by atoms with E-state index in [1.807, 2.05) is 24.3 Å². The molecule has 0 bridgehead atoms. The Morgan fingerprint density at radius 1 is 1.35 bits per heavy atom. The number of nitrogens with two attached hydrogens (primary N) is 1. The number of benzene rings is 1. The third-order valence-electron chi connectivity index (χ3n) is 4.83. The van der Waals surface area contributed by atoms with Crippen LogP contribution in [-0.2, 0) is 4.74 Å². The molecule has 1 saturated heterocycles. The number of ether oxygens (including phenoxy) is 1. The fourth-order valence-electron chi connectivity index (χ4n) is 3.44. The highest BCUT2D eigenvalue weighted by molar-refractivity contribution is 6.05. The van der Waals surface area contributed by atoms with Gasteiger partial charge in [0, 0.05) is 18.3 Å². The number of hydrogen-bond acceptors (Lipinski definition) is 7. The largest absolute Gasteiger partial charge is 0.379 e. The van der Waals surface area contributed by atoms with Gasteiger partial charge in [-0.1, -0.05) is 26.0 Å². The molecule has 0 aliphatic carbocycles. The van der Waals surface area contributed by atoms with Gasteiger partial charge in [-0.05, 0) is 53.9 Å². The van der Waals surface area contributed by atoms with Crippen LogP contribution in [0.4, 0.5) is 11.5 Å². The van der Waals surface area contributed by atoms with Gasteiger partial charge < -0.3 is 20.7 Å². The van der Waals surface area contributed by atoms with Crippen LogP contribution in [0, 0.1) is 0 Å². The Morgan fingerprint density at radius 3 is 2.85 bits per heavy atom. The molecule has 2 heterocycles. The average molecular weight is 359 g/mol. The minimum Gasteiger partial charge on any atom is -0.379 e. The summed E-state index contributed by atoms with van der Waals surface area (Å²) in [6.45, 7) is 7.20. The van der Waals surface area contributed by atoms with Crippen molar-refractivity contribution in [2.75, 3.05) is 30.7 Å². The van der Waals surface area contributed by atoms with E-state index in [9.17, 15) is 4.79 Å². The molecule has 1 amide bonds. The summed E-state index contributed by atoms with van der Waals surface area (Å²) in [6.07, 6.45) is 2.01. The Kier molecular flexibility index (Phi) is 5.85. The van der Waals surface area contributed by atoms with Crippen LogP contribution in [-0.4, -0.2) is 46.9 Å².